The maximum atomic E-state index is 11.9. The summed E-state index contributed by atoms with van der Waals surface area (Å²) in [5, 5.41) is 5.27. The molecule has 3 aromatic rings. The van der Waals surface area contributed by atoms with E-state index in [-0.39, 0.29) is 13.2 Å². The van der Waals surface area contributed by atoms with Gasteiger partial charge in [-0.3, -0.25) is 9.59 Å². The van der Waals surface area contributed by atoms with Crippen molar-refractivity contribution in [2.24, 2.45) is 10.8 Å². The number of para-hydroxylation sites is 2. The van der Waals surface area contributed by atoms with E-state index in [4.69, 9.17) is 22.1 Å². The standard InChI is InChI=1S/C19H17ClN4O3/c20-15-6-2-4-8-17(15)27-12-19(26)23-22-9-13-10-24(11-18(21)25)16-7-3-1-5-14(13)16/h1-10H,11-12H2,(H2,21,25)(H,23,26). The summed E-state index contributed by atoms with van der Waals surface area (Å²) in [7, 11) is 0. The highest BCUT2D eigenvalue weighted by Gasteiger charge is 2.08. The van der Waals surface area contributed by atoms with Gasteiger partial charge in [0, 0.05) is 22.7 Å². The van der Waals surface area contributed by atoms with E-state index in [1.807, 2.05) is 24.3 Å². The molecular formula is C19H17ClN4O3. The number of amides is 2. The van der Waals surface area contributed by atoms with E-state index >= 15 is 0 Å². The van der Waals surface area contributed by atoms with E-state index < -0.39 is 11.8 Å². The van der Waals surface area contributed by atoms with Gasteiger partial charge in [-0.05, 0) is 18.2 Å². The fraction of sp³-hybridized carbons (Fsp3) is 0.105. The van der Waals surface area contributed by atoms with E-state index in [2.05, 4.69) is 10.5 Å². The number of ether oxygens (including phenoxy) is 1. The minimum Gasteiger partial charge on any atom is -0.482 e. The van der Waals surface area contributed by atoms with Gasteiger partial charge in [0.1, 0.15) is 12.3 Å². The molecule has 8 heteroatoms. The second-order valence-electron chi connectivity index (χ2n) is 5.71. The molecule has 2 amide bonds. The van der Waals surface area contributed by atoms with Crippen LogP contribution in [0.3, 0.4) is 0 Å². The molecule has 0 aliphatic rings. The Morgan fingerprint density at radius 2 is 1.93 bits per heavy atom. The van der Waals surface area contributed by atoms with E-state index in [1.54, 1.807) is 35.0 Å². The minimum atomic E-state index is -0.440. The van der Waals surface area contributed by atoms with Gasteiger partial charge in [0.15, 0.2) is 6.61 Å². The van der Waals surface area contributed by atoms with Gasteiger partial charge in [-0.25, -0.2) is 5.43 Å². The minimum absolute atomic E-state index is 0.0619. The Hall–Kier alpha value is -3.32. The highest BCUT2D eigenvalue weighted by Crippen LogP contribution is 2.23. The van der Waals surface area contributed by atoms with Crippen LogP contribution in [-0.2, 0) is 16.1 Å². The number of hydrazone groups is 1. The zero-order chi connectivity index (χ0) is 19.2. The van der Waals surface area contributed by atoms with Crippen LogP contribution in [0.4, 0.5) is 0 Å². The molecule has 138 valence electrons. The SMILES string of the molecule is NC(=O)Cn1cc(C=NNC(=O)COc2ccccc2Cl)c2ccccc21. The number of benzene rings is 2. The number of carbonyl (C=O) groups excluding carboxylic acids is 2. The lowest BCUT2D eigenvalue weighted by Crippen LogP contribution is -2.24. The van der Waals surface area contributed by atoms with Crippen molar-refractivity contribution < 1.29 is 14.3 Å². The molecule has 0 aliphatic carbocycles. The molecule has 0 aliphatic heterocycles. The van der Waals surface area contributed by atoms with Crippen LogP contribution < -0.4 is 15.9 Å². The van der Waals surface area contributed by atoms with Gasteiger partial charge in [-0.2, -0.15) is 5.10 Å². The molecule has 3 N–H and O–H groups in total. The van der Waals surface area contributed by atoms with Gasteiger partial charge < -0.3 is 15.0 Å². The molecule has 0 saturated carbocycles. The van der Waals surface area contributed by atoms with Crippen LogP contribution in [0.15, 0.2) is 59.8 Å². The Kier molecular flexibility index (Phi) is 5.73. The largest absolute Gasteiger partial charge is 0.482 e. The number of halogens is 1. The molecule has 0 saturated heterocycles. The number of hydrogen-bond acceptors (Lipinski definition) is 4. The van der Waals surface area contributed by atoms with Crippen molar-refractivity contribution in [2.45, 2.75) is 6.54 Å². The van der Waals surface area contributed by atoms with Gasteiger partial charge in [0.25, 0.3) is 5.91 Å². The van der Waals surface area contributed by atoms with Crippen molar-refractivity contribution in [1.29, 1.82) is 0 Å². The number of fused-ring (bicyclic) bond motifs is 1. The Labute approximate surface area is 160 Å². The van der Waals surface area contributed by atoms with Crippen molar-refractivity contribution in [3.8, 4) is 5.75 Å². The molecule has 2 aromatic carbocycles. The number of nitrogens with zero attached hydrogens (tertiary/aromatic N) is 2. The number of aromatic nitrogens is 1. The van der Waals surface area contributed by atoms with Crippen molar-refractivity contribution in [3.63, 3.8) is 0 Å². The first-order valence-electron chi connectivity index (χ1n) is 8.10. The van der Waals surface area contributed by atoms with E-state index in [1.165, 1.54) is 6.21 Å². The fourth-order valence-corrected chi connectivity index (χ4v) is 2.78. The van der Waals surface area contributed by atoms with Gasteiger partial charge in [0.05, 0.1) is 11.2 Å². The number of primary amides is 1. The third-order valence-electron chi connectivity index (χ3n) is 3.73. The van der Waals surface area contributed by atoms with E-state index in [0.29, 0.717) is 10.8 Å². The van der Waals surface area contributed by atoms with Crippen LogP contribution in [-0.4, -0.2) is 29.2 Å². The van der Waals surface area contributed by atoms with Crippen molar-refractivity contribution in [2.75, 3.05) is 6.61 Å². The summed E-state index contributed by atoms with van der Waals surface area (Å²) < 4.78 is 7.08. The van der Waals surface area contributed by atoms with E-state index in [9.17, 15) is 9.59 Å². The summed E-state index contributed by atoms with van der Waals surface area (Å²) >= 11 is 5.96. The highest BCUT2D eigenvalue weighted by molar-refractivity contribution is 6.32. The summed E-state index contributed by atoms with van der Waals surface area (Å²) in [6, 6.07) is 14.4. The van der Waals surface area contributed by atoms with Gasteiger partial charge in [0.2, 0.25) is 5.91 Å². The van der Waals surface area contributed by atoms with Crippen LogP contribution in [0.2, 0.25) is 5.02 Å². The van der Waals surface area contributed by atoms with Crippen LogP contribution in [0.25, 0.3) is 10.9 Å². The van der Waals surface area contributed by atoms with Crippen molar-refractivity contribution in [3.05, 3.63) is 65.3 Å². The lowest BCUT2D eigenvalue weighted by molar-refractivity contribution is -0.123. The van der Waals surface area contributed by atoms with Crippen LogP contribution >= 0.6 is 11.6 Å². The molecule has 1 aromatic heterocycles. The number of rotatable bonds is 7. The molecule has 0 atom stereocenters. The monoisotopic (exact) mass is 384 g/mol. The van der Waals surface area contributed by atoms with Crippen LogP contribution in [0.5, 0.6) is 5.75 Å². The quantitative estimate of drug-likeness (QED) is 0.483. The Balaban J connectivity index is 1.65. The molecule has 0 radical (unpaired) electrons. The van der Waals surface area contributed by atoms with Gasteiger partial charge >= 0.3 is 0 Å². The number of carbonyl (C=O) groups is 2. The van der Waals surface area contributed by atoms with Gasteiger partial charge in [-0.15, -0.1) is 0 Å². The Bertz CT molecular complexity index is 1010. The topological polar surface area (TPSA) is 98.7 Å². The van der Waals surface area contributed by atoms with E-state index in [0.717, 1.165) is 16.5 Å². The Morgan fingerprint density at radius 3 is 2.70 bits per heavy atom. The molecule has 3 rings (SSSR count). The lowest BCUT2D eigenvalue weighted by atomic mass is 10.2. The summed E-state index contributed by atoms with van der Waals surface area (Å²) in [5.74, 6) is -0.441. The average molecular weight is 385 g/mol. The maximum absolute atomic E-state index is 11.9. The number of hydrogen-bond donors (Lipinski definition) is 2. The number of nitrogens with two attached hydrogens (primary N) is 1. The zero-order valence-corrected chi connectivity index (χ0v) is 15.0. The molecule has 27 heavy (non-hydrogen) atoms. The molecule has 1 heterocycles. The maximum Gasteiger partial charge on any atom is 0.277 e. The number of nitrogens with one attached hydrogen (secondary N) is 1. The summed E-state index contributed by atoms with van der Waals surface area (Å²) in [5.41, 5.74) is 9.28. The molecule has 7 nitrogen and oxygen atoms in total. The molecule has 0 bridgehead atoms. The summed E-state index contributed by atoms with van der Waals surface area (Å²) in [6.45, 7) is -0.156. The fourth-order valence-electron chi connectivity index (χ4n) is 2.59. The lowest BCUT2D eigenvalue weighted by Gasteiger charge is -2.06. The van der Waals surface area contributed by atoms with Gasteiger partial charge in [-0.1, -0.05) is 41.9 Å². The van der Waals surface area contributed by atoms with Crippen LogP contribution in [0.1, 0.15) is 5.56 Å². The first-order valence-corrected chi connectivity index (χ1v) is 8.48. The molecule has 0 spiro atoms. The third-order valence-corrected chi connectivity index (χ3v) is 4.05. The molecule has 0 fully saturated rings. The first-order chi connectivity index (χ1) is 13.0. The van der Waals surface area contributed by atoms with Crippen molar-refractivity contribution in [1.82, 2.24) is 9.99 Å². The molecular weight excluding hydrogens is 368 g/mol. The second kappa shape index (κ2) is 8.37. The normalized spacial score (nSPS) is 11.0. The predicted molar refractivity (Wildman–Crippen MR) is 104 cm³/mol. The van der Waals surface area contributed by atoms with Crippen LogP contribution in [0, 0.1) is 0 Å². The first kappa shape index (κ1) is 18.5. The predicted octanol–water partition coefficient (Wildman–Crippen LogP) is 2.31. The Morgan fingerprint density at radius 1 is 1.19 bits per heavy atom. The summed E-state index contributed by atoms with van der Waals surface area (Å²) in [6.07, 6.45) is 3.26. The summed E-state index contributed by atoms with van der Waals surface area (Å²) in [4.78, 5) is 23.1. The zero-order valence-electron chi connectivity index (χ0n) is 14.3. The smallest absolute Gasteiger partial charge is 0.277 e. The van der Waals surface area contributed by atoms with Crippen molar-refractivity contribution >= 4 is 40.5 Å². The average Bonchev–Trinajstić information content (AvgIpc) is 2.98. The second-order valence-corrected chi connectivity index (χ2v) is 6.12. The third kappa shape index (κ3) is 4.65. The molecule has 0 unspecified atom stereocenters. The highest BCUT2D eigenvalue weighted by atomic mass is 35.5.